The van der Waals surface area contributed by atoms with Crippen LogP contribution in [0.25, 0.3) is 170 Å². The molecule has 0 atom stereocenters. The molecule has 0 aliphatic rings. The van der Waals surface area contributed by atoms with Gasteiger partial charge in [0.15, 0.2) is 0 Å². The fourth-order valence-corrected chi connectivity index (χ4v) is 17.6. The monoisotopic (exact) mass is 1310 g/mol. The van der Waals surface area contributed by atoms with Crippen LogP contribution in [0.15, 0.2) is 297 Å². The van der Waals surface area contributed by atoms with Crippen molar-refractivity contribution in [1.29, 1.82) is 0 Å². The van der Waals surface area contributed by atoms with Gasteiger partial charge in [0.05, 0.1) is 34.2 Å². The Morgan fingerprint density at radius 2 is 0.423 bits per heavy atom. The molecule has 7 aromatic heterocycles. The van der Waals surface area contributed by atoms with Gasteiger partial charge in [-0.25, -0.2) is 29.9 Å². The lowest BCUT2D eigenvalue weighted by molar-refractivity contribution is 1.06. The number of rotatable bonds is 8. The third-order valence-electron chi connectivity index (χ3n) is 17.7. The van der Waals surface area contributed by atoms with Crippen LogP contribution in [-0.4, -0.2) is 29.9 Å². The van der Waals surface area contributed by atoms with Crippen molar-refractivity contribution < 1.29 is 0 Å². The maximum Gasteiger partial charge on any atom is 0.126 e. The van der Waals surface area contributed by atoms with Gasteiger partial charge in [-0.1, -0.05) is 206 Å². The quantitative estimate of drug-likeness (QED) is 0.151. The fourth-order valence-electron chi connectivity index (χ4n) is 13.1. The summed E-state index contributed by atoms with van der Waals surface area (Å²) in [6.45, 7) is 5.90. The maximum atomic E-state index is 4.89. The molecule has 0 saturated carbocycles. The van der Waals surface area contributed by atoms with Crippen LogP contribution in [0.5, 0.6) is 0 Å². The minimum absolute atomic E-state index is 0.764. The fraction of sp³-hybridized carbons (Fsp3) is 0.0345. The van der Waals surface area contributed by atoms with Gasteiger partial charge in [-0.05, 0) is 134 Å². The third-order valence-corrected chi connectivity index (χ3v) is 22.3. The van der Waals surface area contributed by atoms with Gasteiger partial charge in [-0.15, -0.1) is 45.3 Å². The number of nitrogens with zero attached hydrogens (tertiary/aromatic N) is 6. The lowest BCUT2D eigenvalue weighted by Crippen LogP contribution is -1.95. The van der Waals surface area contributed by atoms with Crippen LogP contribution >= 0.6 is 45.3 Å². The molecular formula is C87H58N6S4. The van der Waals surface area contributed by atoms with Gasteiger partial charge in [0.25, 0.3) is 0 Å². The van der Waals surface area contributed by atoms with Crippen molar-refractivity contribution in [2.45, 2.75) is 20.8 Å². The zero-order valence-corrected chi connectivity index (χ0v) is 56.4. The lowest BCUT2D eigenvalue weighted by atomic mass is 9.94. The average molecular weight is 1320 g/mol. The van der Waals surface area contributed by atoms with Gasteiger partial charge in [0.2, 0.25) is 0 Å². The van der Waals surface area contributed by atoms with E-state index in [-0.39, 0.29) is 0 Å². The summed E-state index contributed by atoms with van der Waals surface area (Å²) in [6, 6.07) is 105. The van der Waals surface area contributed by atoms with Crippen LogP contribution in [0.4, 0.5) is 0 Å². The first kappa shape index (κ1) is 59.5. The summed E-state index contributed by atoms with van der Waals surface area (Å²) in [6.07, 6.45) is 0. The topological polar surface area (TPSA) is 77.3 Å². The van der Waals surface area contributed by atoms with Crippen molar-refractivity contribution in [3.63, 3.8) is 0 Å². The highest BCUT2D eigenvalue weighted by atomic mass is 32.1. The molecule has 0 N–H and O–H groups in total. The Labute approximate surface area is 576 Å². The molecule has 0 amide bonds. The Kier molecular flexibility index (Phi) is 15.6. The van der Waals surface area contributed by atoms with Gasteiger partial charge in [-0.2, -0.15) is 0 Å². The smallest absolute Gasteiger partial charge is 0.126 e. The average Bonchev–Trinajstić information content (AvgIpc) is 1.73. The summed E-state index contributed by atoms with van der Waals surface area (Å²) >= 11 is 7.34. The first-order valence-corrected chi connectivity index (χ1v) is 35.5. The van der Waals surface area contributed by atoms with Crippen LogP contribution in [0, 0.1) is 20.8 Å². The van der Waals surface area contributed by atoms with E-state index in [1.165, 1.54) is 103 Å². The lowest BCUT2D eigenvalue weighted by Gasteiger charge is -2.12. The third kappa shape index (κ3) is 11.9. The van der Waals surface area contributed by atoms with Crippen molar-refractivity contribution in [3.8, 4) is 89.8 Å². The molecule has 0 aliphatic heterocycles. The summed E-state index contributed by atoms with van der Waals surface area (Å²) < 4.78 is 10.4. The summed E-state index contributed by atoms with van der Waals surface area (Å²) in [4.78, 5) is 28.6. The molecule has 0 unspecified atom stereocenters. The molecular weight excluding hydrogens is 1260 g/mol. The number of hydrogen-bond acceptors (Lipinski definition) is 10. The van der Waals surface area contributed by atoms with Crippen molar-refractivity contribution in [2.24, 2.45) is 0 Å². The molecule has 0 radical (unpaired) electrons. The molecule has 12 aromatic carbocycles. The summed E-state index contributed by atoms with van der Waals surface area (Å²) in [5, 5.41) is 10.5. The highest BCUT2D eigenvalue weighted by Gasteiger charge is 2.17. The van der Waals surface area contributed by atoms with Crippen molar-refractivity contribution in [2.75, 3.05) is 0 Å². The van der Waals surface area contributed by atoms with Crippen molar-refractivity contribution in [3.05, 3.63) is 315 Å². The van der Waals surface area contributed by atoms with Crippen LogP contribution in [0.2, 0.25) is 0 Å². The number of hydrogen-bond donors (Lipinski definition) is 0. The Morgan fingerprint density at radius 3 is 0.804 bits per heavy atom. The van der Waals surface area contributed by atoms with E-state index in [1.54, 1.807) is 0 Å². The highest BCUT2D eigenvalue weighted by molar-refractivity contribution is 7.27. The van der Waals surface area contributed by atoms with Crippen LogP contribution < -0.4 is 0 Å². The molecule has 19 aromatic rings. The zero-order valence-electron chi connectivity index (χ0n) is 53.1. The van der Waals surface area contributed by atoms with Gasteiger partial charge < -0.3 is 0 Å². The summed E-state index contributed by atoms with van der Waals surface area (Å²) in [7, 11) is 0. The molecule has 0 spiro atoms. The second-order valence-corrected chi connectivity index (χ2v) is 28.5. The predicted octanol–water partition coefficient (Wildman–Crippen LogP) is 25.2. The largest absolute Gasteiger partial charge is 0.233 e. The molecule has 7 heterocycles. The first-order valence-electron chi connectivity index (χ1n) is 32.3. The number of aromatic nitrogens is 6. The van der Waals surface area contributed by atoms with E-state index >= 15 is 0 Å². The normalized spacial score (nSPS) is 11.5. The minimum Gasteiger partial charge on any atom is -0.233 e. The second-order valence-electron chi connectivity index (χ2n) is 24.2. The Balaban J connectivity index is 0.000000112. The van der Waals surface area contributed by atoms with E-state index < -0.39 is 0 Å². The first-order chi connectivity index (χ1) is 47.7. The second kappa shape index (κ2) is 25.5. The Morgan fingerprint density at radius 1 is 0.165 bits per heavy atom. The summed E-state index contributed by atoms with van der Waals surface area (Å²) in [5.74, 6) is 2.34. The van der Waals surface area contributed by atoms with E-state index in [9.17, 15) is 0 Å². The van der Waals surface area contributed by atoms with Crippen molar-refractivity contribution >= 4 is 126 Å². The molecule has 0 saturated heterocycles. The molecule has 0 aliphatic carbocycles. The van der Waals surface area contributed by atoms with E-state index in [2.05, 4.69) is 284 Å². The van der Waals surface area contributed by atoms with E-state index in [0.29, 0.717) is 0 Å². The molecule has 10 heteroatoms. The minimum atomic E-state index is 0.764. The zero-order chi connectivity index (χ0) is 64.9. The number of benzene rings is 12. The van der Waals surface area contributed by atoms with Gasteiger partial charge in [0, 0.05) is 114 Å². The Hall–Kier alpha value is -11.2. The molecule has 19 rings (SSSR count). The standard InChI is InChI=1S/C35H24N2S.C29H18N2S2.C23H16N2S/c1-23-36-32(26-16-17-31-30-14-8-9-15-34(30)38-35(31)21-26)22-33(37-23)29-19-27(24-10-4-2-5-11-24)18-28(20-29)25-12-6-3-7-13-25;1-17-30-24(18-10-12-22-20-6-2-4-8-26(20)32-28(22)14-18)16-25(31-17)19-11-13-23-21-7-3-5-9-27(21)33-29(23)15-19;1-15-24-20(16-7-3-2-4-8-16)14-21(25-15)17-11-12-23-19(13-17)18-9-5-6-10-22(18)26-23/h2-22H,1H3;2-16H,1H3;2-14H,1H3. The molecule has 460 valence electrons. The SMILES string of the molecule is Cc1nc(-c2cc(-c3ccccc3)cc(-c3ccccc3)c2)cc(-c2ccc3c(c2)sc2ccccc23)n1.Cc1nc(-c2ccc3c(c2)sc2ccccc23)cc(-c2ccc3c(c2)sc2ccccc23)n1.Cc1nc(-c2ccccc2)cc(-c2ccc3sc4ccccc4c3c2)n1. The van der Waals surface area contributed by atoms with Crippen LogP contribution in [0.3, 0.4) is 0 Å². The maximum absolute atomic E-state index is 4.89. The van der Waals surface area contributed by atoms with Crippen LogP contribution in [0.1, 0.15) is 17.5 Å². The van der Waals surface area contributed by atoms with Gasteiger partial charge in [-0.3, -0.25) is 0 Å². The molecule has 0 fully saturated rings. The number of aryl methyl sites for hydroxylation is 3. The van der Waals surface area contributed by atoms with E-state index in [0.717, 1.165) is 85.0 Å². The predicted molar refractivity (Wildman–Crippen MR) is 415 cm³/mol. The van der Waals surface area contributed by atoms with Gasteiger partial charge >= 0.3 is 0 Å². The van der Waals surface area contributed by atoms with E-state index in [1.807, 2.05) is 84.3 Å². The van der Waals surface area contributed by atoms with E-state index in [4.69, 9.17) is 24.9 Å². The number of thiophene rings is 4. The Bertz CT molecular complexity index is 6000. The van der Waals surface area contributed by atoms with Gasteiger partial charge in [0.1, 0.15) is 17.5 Å². The molecule has 6 nitrogen and oxygen atoms in total. The molecule has 0 bridgehead atoms. The van der Waals surface area contributed by atoms with Crippen LogP contribution in [-0.2, 0) is 0 Å². The van der Waals surface area contributed by atoms with Crippen molar-refractivity contribution in [1.82, 2.24) is 29.9 Å². The highest BCUT2D eigenvalue weighted by Crippen LogP contribution is 2.42. The summed E-state index contributed by atoms with van der Waals surface area (Å²) in [5.41, 5.74) is 17.1. The number of fused-ring (bicyclic) bond motifs is 12. The molecule has 97 heavy (non-hydrogen) atoms.